The van der Waals surface area contributed by atoms with Gasteiger partial charge in [0, 0.05) is 12.1 Å². The molecule has 0 unspecified atom stereocenters. The van der Waals surface area contributed by atoms with E-state index in [9.17, 15) is 10.1 Å². The standard InChI is InChI=1S/C15H19N3O4/c1-10-4-3-5-11(2)17(10)16-8-12-6-14-15(22-9-21-14)7-13(12)18(19)20/h6-8,10-11H,3-5,9H2,1-2H3/b16-8-/t10-,11+. The monoisotopic (exact) mass is 305 g/mol. The van der Waals surface area contributed by atoms with Crippen molar-refractivity contribution in [1.29, 1.82) is 0 Å². The molecule has 7 heteroatoms. The van der Waals surface area contributed by atoms with Crippen LogP contribution in [0.2, 0.25) is 0 Å². The van der Waals surface area contributed by atoms with E-state index in [1.807, 2.05) is 5.01 Å². The average Bonchev–Trinajstić information content (AvgIpc) is 2.93. The van der Waals surface area contributed by atoms with Crippen LogP contribution in [0.15, 0.2) is 17.2 Å². The van der Waals surface area contributed by atoms with E-state index < -0.39 is 4.92 Å². The van der Waals surface area contributed by atoms with Gasteiger partial charge in [0.05, 0.1) is 22.8 Å². The zero-order valence-corrected chi connectivity index (χ0v) is 12.7. The van der Waals surface area contributed by atoms with Crippen molar-refractivity contribution in [2.24, 2.45) is 5.10 Å². The van der Waals surface area contributed by atoms with Crippen LogP contribution in [0.4, 0.5) is 5.69 Å². The van der Waals surface area contributed by atoms with Crippen molar-refractivity contribution in [2.75, 3.05) is 6.79 Å². The van der Waals surface area contributed by atoms with Gasteiger partial charge in [0.15, 0.2) is 11.5 Å². The lowest BCUT2D eigenvalue weighted by molar-refractivity contribution is -0.385. The Balaban J connectivity index is 1.90. The zero-order valence-electron chi connectivity index (χ0n) is 12.7. The van der Waals surface area contributed by atoms with Gasteiger partial charge in [-0.15, -0.1) is 0 Å². The smallest absolute Gasteiger partial charge is 0.282 e. The normalized spacial score (nSPS) is 24.0. The van der Waals surface area contributed by atoms with Gasteiger partial charge >= 0.3 is 0 Å². The van der Waals surface area contributed by atoms with Crippen molar-refractivity contribution < 1.29 is 14.4 Å². The third kappa shape index (κ3) is 2.70. The molecule has 3 rings (SSSR count). The first-order chi connectivity index (χ1) is 10.6. The van der Waals surface area contributed by atoms with Crippen molar-refractivity contribution in [3.05, 3.63) is 27.8 Å². The Hall–Kier alpha value is -2.31. The minimum absolute atomic E-state index is 0.0229. The Morgan fingerprint density at radius 2 is 1.91 bits per heavy atom. The molecule has 7 nitrogen and oxygen atoms in total. The minimum Gasteiger partial charge on any atom is -0.454 e. The van der Waals surface area contributed by atoms with Crippen LogP contribution in [-0.4, -0.2) is 35.0 Å². The fourth-order valence-electron chi connectivity index (χ4n) is 2.97. The van der Waals surface area contributed by atoms with Crippen molar-refractivity contribution in [3.63, 3.8) is 0 Å². The molecule has 0 saturated carbocycles. The molecule has 2 atom stereocenters. The van der Waals surface area contributed by atoms with Crippen LogP contribution in [0.3, 0.4) is 0 Å². The molecule has 2 heterocycles. The average molecular weight is 305 g/mol. The topological polar surface area (TPSA) is 77.2 Å². The third-order valence-electron chi connectivity index (χ3n) is 4.20. The van der Waals surface area contributed by atoms with Gasteiger partial charge in [-0.3, -0.25) is 15.1 Å². The largest absolute Gasteiger partial charge is 0.454 e. The summed E-state index contributed by atoms with van der Waals surface area (Å²) in [6.45, 7) is 4.34. The number of hydrazone groups is 1. The number of hydrogen-bond acceptors (Lipinski definition) is 6. The van der Waals surface area contributed by atoms with Crippen molar-refractivity contribution in [2.45, 2.75) is 45.2 Å². The fourth-order valence-corrected chi connectivity index (χ4v) is 2.97. The molecular weight excluding hydrogens is 286 g/mol. The number of nitro groups is 1. The number of piperidine rings is 1. The van der Waals surface area contributed by atoms with Crippen molar-refractivity contribution in [1.82, 2.24) is 5.01 Å². The second-order valence-electron chi connectivity index (χ2n) is 5.77. The Morgan fingerprint density at radius 3 is 2.55 bits per heavy atom. The summed E-state index contributed by atoms with van der Waals surface area (Å²) in [4.78, 5) is 10.8. The first kappa shape index (κ1) is 14.6. The minimum atomic E-state index is -0.424. The van der Waals surface area contributed by atoms with Gasteiger partial charge in [-0.25, -0.2) is 0 Å². The summed E-state index contributed by atoms with van der Waals surface area (Å²) in [5.74, 6) is 0.926. The molecular formula is C15H19N3O4. The third-order valence-corrected chi connectivity index (χ3v) is 4.20. The lowest BCUT2D eigenvalue weighted by atomic mass is 10.00. The lowest BCUT2D eigenvalue weighted by Crippen LogP contribution is -2.39. The number of ether oxygens (including phenoxy) is 2. The highest BCUT2D eigenvalue weighted by molar-refractivity contribution is 5.87. The van der Waals surface area contributed by atoms with Crippen LogP contribution in [0.1, 0.15) is 38.7 Å². The quantitative estimate of drug-likeness (QED) is 0.487. The molecule has 2 aliphatic rings. The fraction of sp³-hybridized carbons (Fsp3) is 0.533. The van der Waals surface area contributed by atoms with E-state index in [1.54, 1.807) is 12.3 Å². The van der Waals surface area contributed by atoms with Crippen LogP contribution < -0.4 is 9.47 Å². The van der Waals surface area contributed by atoms with E-state index in [4.69, 9.17) is 9.47 Å². The molecule has 0 bridgehead atoms. The lowest BCUT2D eigenvalue weighted by Gasteiger charge is -2.36. The molecule has 1 aromatic rings. The molecule has 1 saturated heterocycles. The van der Waals surface area contributed by atoms with Crippen molar-refractivity contribution in [3.8, 4) is 11.5 Å². The van der Waals surface area contributed by atoms with Gasteiger partial charge in [-0.05, 0) is 39.2 Å². The Bertz CT molecular complexity index is 607. The maximum Gasteiger partial charge on any atom is 0.282 e. The van der Waals surface area contributed by atoms with E-state index in [-0.39, 0.29) is 12.5 Å². The number of nitro benzene ring substituents is 1. The molecule has 2 aliphatic heterocycles. The molecule has 0 amide bonds. The molecule has 118 valence electrons. The van der Waals surface area contributed by atoms with Crippen LogP contribution in [0.25, 0.3) is 0 Å². The van der Waals surface area contributed by atoms with E-state index in [0.717, 1.165) is 12.8 Å². The summed E-state index contributed by atoms with van der Waals surface area (Å²) in [7, 11) is 0. The number of hydrogen-bond donors (Lipinski definition) is 0. The first-order valence-corrected chi connectivity index (χ1v) is 7.46. The Kier molecular flexibility index (Phi) is 3.87. The molecule has 0 aliphatic carbocycles. The SMILES string of the molecule is C[C@@H]1CCC[C@H](C)N1/N=C\c1cc2c(cc1[N+](=O)[O-])OCO2. The molecule has 0 spiro atoms. The highest BCUT2D eigenvalue weighted by atomic mass is 16.7. The molecule has 1 aromatic carbocycles. The molecule has 0 N–H and O–H groups in total. The van der Waals surface area contributed by atoms with Gasteiger partial charge in [0.1, 0.15) is 0 Å². The van der Waals surface area contributed by atoms with Crippen LogP contribution >= 0.6 is 0 Å². The number of nitrogens with zero attached hydrogens (tertiary/aromatic N) is 3. The van der Waals surface area contributed by atoms with Crippen LogP contribution in [0.5, 0.6) is 11.5 Å². The molecule has 22 heavy (non-hydrogen) atoms. The number of rotatable bonds is 3. The van der Waals surface area contributed by atoms with E-state index in [2.05, 4.69) is 18.9 Å². The second-order valence-corrected chi connectivity index (χ2v) is 5.77. The van der Waals surface area contributed by atoms with Crippen LogP contribution in [0, 0.1) is 10.1 Å². The summed E-state index contributed by atoms with van der Waals surface area (Å²) in [6, 6.07) is 3.69. The molecule has 0 radical (unpaired) electrons. The van der Waals surface area contributed by atoms with E-state index >= 15 is 0 Å². The van der Waals surface area contributed by atoms with Crippen LogP contribution in [-0.2, 0) is 0 Å². The number of fused-ring (bicyclic) bond motifs is 1. The Labute approximate surface area is 128 Å². The predicted molar refractivity (Wildman–Crippen MR) is 81.4 cm³/mol. The highest BCUT2D eigenvalue weighted by Gasteiger charge is 2.25. The first-order valence-electron chi connectivity index (χ1n) is 7.46. The summed E-state index contributed by atoms with van der Waals surface area (Å²) in [5, 5.41) is 17.8. The molecule has 0 aromatic heterocycles. The number of benzene rings is 1. The zero-order chi connectivity index (χ0) is 15.7. The molecule has 1 fully saturated rings. The summed E-state index contributed by atoms with van der Waals surface area (Å²) in [6.07, 6.45) is 4.92. The summed E-state index contributed by atoms with van der Waals surface area (Å²) >= 11 is 0. The van der Waals surface area contributed by atoms with Gasteiger partial charge in [-0.1, -0.05) is 0 Å². The van der Waals surface area contributed by atoms with Crippen molar-refractivity contribution >= 4 is 11.9 Å². The summed E-state index contributed by atoms with van der Waals surface area (Å²) < 4.78 is 10.5. The van der Waals surface area contributed by atoms with E-state index in [0.29, 0.717) is 29.1 Å². The van der Waals surface area contributed by atoms with Gasteiger partial charge in [0.25, 0.3) is 5.69 Å². The highest BCUT2D eigenvalue weighted by Crippen LogP contribution is 2.37. The maximum atomic E-state index is 11.2. The summed E-state index contributed by atoms with van der Waals surface area (Å²) in [5.41, 5.74) is 0.407. The van der Waals surface area contributed by atoms with Gasteiger partial charge in [-0.2, -0.15) is 5.10 Å². The Morgan fingerprint density at radius 1 is 1.27 bits per heavy atom. The second kappa shape index (κ2) is 5.82. The van der Waals surface area contributed by atoms with Gasteiger partial charge in [0.2, 0.25) is 6.79 Å². The maximum absolute atomic E-state index is 11.2. The van der Waals surface area contributed by atoms with E-state index in [1.165, 1.54) is 12.5 Å². The predicted octanol–water partition coefficient (Wildman–Crippen LogP) is 2.92. The van der Waals surface area contributed by atoms with Gasteiger partial charge < -0.3 is 9.47 Å².